The number of nitrogens with zero attached hydrogens (tertiary/aromatic N) is 1. The molecule has 2 unspecified atom stereocenters. The van der Waals surface area contributed by atoms with E-state index in [0.29, 0.717) is 12.4 Å². The van der Waals surface area contributed by atoms with Crippen LogP contribution in [0, 0.1) is 10.8 Å². The van der Waals surface area contributed by atoms with Crippen molar-refractivity contribution in [2.45, 2.75) is 66.3 Å². The van der Waals surface area contributed by atoms with Gasteiger partial charge in [0.25, 0.3) is 0 Å². The zero-order valence-electron chi connectivity index (χ0n) is 16.0. The van der Waals surface area contributed by atoms with Crippen molar-refractivity contribution in [3.05, 3.63) is 12.5 Å². The number of alkyl carbamates (subject to hydrolysis) is 1. The van der Waals surface area contributed by atoms with Gasteiger partial charge in [-0.15, -0.1) is 0 Å². The molecule has 1 fully saturated rings. The minimum Gasteiger partial charge on any atom is -0.453 e. The Balaban J connectivity index is 2.67. The SMILES string of the molecule is C=C(NC1CC(C)(C)CC(C)(CNC(=O)OC)C1)ON=C(C)CC. The van der Waals surface area contributed by atoms with E-state index in [9.17, 15) is 4.79 Å². The molecule has 0 aromatic rings. The molecule has 0 heterocycles. The first-order chi connectivity index (χ1) is 11.1. The van der Waals surface area contributed by atoms with Crippen molar-refractivity contribution in [2.24, 2.45) is 16.0 Å². The molecule has 0 radical (unpaired) electrons. The first-order valence-electron chi connectivity index (χ1n) is 8.57. The lowest BCUT2D eigenvalue weighted by atomic mass is 9.62. The van der Waals surface area contributed by atoms with Crippen molar-refractivity contribution in [3.8, 4) is 0 Å². The van der Waals surface area contributed by atoms with Crippen molar-refractivity contribution in [1.82, 2.24) is 10.6 Å². The summed E-state index contributed by atoms with van der Waals surface area (Å²) < 4.78 is 4.68. The molecule has 1 saturated carbocycles. The predicted octanol–water partition coefficient (Wildman–Crippen LogP) is 3.79. The highest BCUT2D eigenvalue weighted by molar-refractivity contribution is 5.80. The highest BCUT2D eigenvalue weighted by Gasteiger charge is 2.41. The van der Waals surface area contributed by atoms with Crippen molar-refractivity contribution < 1.29 is 14.4 Å². The lowest BCUT2D eigenvalue weighted by Crippen LogP contribution is -2.49. The number of hydrogen-bond acceptors (Lipinski definition) is 5. The second-order valence-electron chi connectivity index (χ2n) is 7.94. The first kappa shape index (κ1) is 20.3. The van der Waals surface area contributed by atoms with Crippen molar-refractivity contribution in [3.63, 3.8) is 0 Å². The third-order valence-corrected chi connectivity index (χ3v) is 4.48. The molecule has 0 bridgehead atoms. The summed E-state index contributed by atoms with van der Waals surface area (Å²) in [5.41, 5.74) is 1.07. The summed E-state index contributed by atoms with van der Waals surface area (Å²) in [6, 6.07) is 0.225. The highest BCUT2D eigenvalue weighted by Crippen LogP contribution is 2.45. The number of hydrogen-bond donors (Lipinski definition) is 2. The summed E-state index contributed by atoms with van der Waals surface area (Å²) in [5.74, 6) is 0.466. The Morgan fingerprint density at radius 1 is 1.33 bits per heavy atom. The lowest BCUT2D eigenvalue weighted by Gasteiger charge is -2.47. The molecule has 1 aliphatic carbocycles. The topological polar surface area (TPSA) is 72.0 Å². The number of amides is 1. The van der Waals surface area contributed by atoms with Gasteiger partial charge in [0.15, 0.2) is 0 Å². The molecule has 2 atom stereocenters. The monoisotopic (exact) mass is 339 g/mol. The van der Waals surface area contributed by atoms with E-state index in [-0.39, 0.29) is 23.0 Å². The Bertz CT molecular complexity index is 488. The number of carbonyl (C=O) groups is 1. The number of nitrogens with one attached hydrogen (secondary N) is 2. The van der Waals surface area contributed by atoms with E-state index in [2.05, 4.69) is 47.9 Å². The van der Waals surface area contributed by atoms with E-state index in [1.807, 2.05) is 13.8 Å². The zero-order valence-corrected chi connectivity index (χ0v) is 16.0. The Kier molecular flexibility index (Phi) is 7.11. The number of oxime groups is 1. The van der Waals surface area contributed by atoms with Crippen molar-refractivity contribution in [2.75, 3.05) is 13.7 Å². The van der Waals surface area contributed by atoms with Crippen LogP contribution in [0.1, 0.15) is 60.3 Å². The molecule has 138 valence electrons. The van der Waals surface area contributed by atoms with Crippen LogP contribution in [-0.4, -0.2) is 31.5 Å². The van der Waals surface area contributed by atoms with Crippen LogP contribution in [0.15, 0.2) is 17.6 Å². The average Bonchev–Trinajstić information content (AvgIpc) is 2.48. The van der Waals surface area contributed by atoms with Gasteiger partial charge in [-0.2, -0.15) is 0 Å². The molecule has 0 aromatic carbocycles. The average molecular weight is 339 g/mol. The molecule has 1 aliphatic rings. The third kappa shape index (κ3) is 6.81. The van der Waals surface area contributed by atoms with Gasteiger partial charge in [0, 0.05) is 12.6 Å². The fourth-order valence-corrected chi connectivity index (χ4v) is 3.68. The maximum atomic E-state index is 11.4. The Morgan fingerprint density at radius 3 is 2.58 bits per heavy atom. The van der Waals surface area contributed by atoms with Gasteiger partial charge in [0.05, 0.1) is 12.8 Å². The van der Waals surface area contributed by atoms with Crippen LogP contribution in [0.3, 0.4) is 0 Å². The quantitative estimate of drug-likeness (QED) is 0.420. The highest BCUT2D eigenvalue weighted by atomic mass is 16.6. The molecule has 0 saturated heterocycles. The number of carbonyl (C=O) groups excluding carboxylic acids is 1. The fraction of sp³-hybridized carbons (Fsp3) is 0.778. The standard InChI is InChI=1S/C18H33N3O3/c1-8-13(2)21-24-14(3)20-15-9-17(4,5)11-18(6,10-15)12-19-16(22)23-7/h15,20H,3,8-12H2,1-2,4-7H3,(H,19,22). The molecule has 6 nitrogen and oxygen atoms in total. The van der Waals surface area contributed by atoms with Crippen LogP contribution in [0.5, 0.6) is 0 Å². The zero-order chi connectivity index (χ0) is 18.4. The van der Waals surface area contributed by atoms with Gasteiger partial charge >= 0.3 is 6.09 Å². The summed E-state index contributed by atoms with van der Waals surface area (Å²) in [4.78, 5) is 16.7. The van der Waals surface area contributed by atoms with Gasteiger partial charge in [-0.1, -0.05) is 32.9 Å². The fourth-order valence-electron chi connectivity index (χ4n) is 3.68. The molecule has 2 N–H and O–H groups in total. The van der Waals surface area contributed by atoms with E-state index >= 15 is 0 Å². The predicted molar refractivity (Wildman–Crippen MR) is 96.7 cm³/mol. The van der Waals surface area contributed by atoms with E-state index in [1.54, 1.807) is 0 Å². The Hall–Kier alpha value is -1.72. The second kappa shape index (κ2) is 8.40. The maximum Gasteiger partial charge on any atom is 0.406 e. The van der Waals surface area contributed by atoms with Crippen LogP contribution in [0.2, 0.25) is 0 Å². The van der Waals surface area contributed by atoms with Gasteiger partial charge in [-0.3, -0.25) is 0 Å². The molecule has 1 rings (SSSR count). The van der Waals surface area contributed by atoms with Gasteiger partial charge in [0.2, 0.25) is 5.88 Å². The molecular formula is C18H33N3O3. The molecule has 0 aliphatic heterocycles. The third-order valence-electron chi connectivity index (χ3n) is 4.48. The Labute approximate surface area is 146 Å². The largest absolute Gasteiger partial charge is 0.453 e. The lowest BCUT2D eigenvalue weighted by molar-refractivity contribution is 0.0624. The summed E-state index contributed by atoms with van der Waals surface area (Å²) in [6.07, 6.45) is 3.42. The molecule has 6 heteroatoms. The van der Waals surface area contributed by atoms with E-state index in [0.717, 1.165) is 31.4 Å². The number of methoxy groups -OCH3 is 1. The molecular weight excluding hydrogens is 306 g/mol. The van der Waals surface area contributed by atoms with E-state index in [4.69, 9.17) is 4.84 Å². The van der Waals surface area contributed by atoms with Crippen LogP contribution in [-0.2, 0) is 9.57 Å². The minimum atomic E-state index is -0.388. The minimum absolute atomic E-state index is 0.0174. The van der Waals surface area contributed by atoms with Crippen LogP contribution in [0.4, 0.5) is 4.79 Å². The van der Waals surface area contributed by atoms with Crippen molar-refractivity contribution >= 4 is 11.8 Å². The normalized spacial score (nSPS) is 26.4. The summed E-state index contributed by atoms with van der Waals surface area (Å²) in [5, 5.41) is 10.2. The van der Waals surface area contributed by atoms with Gasteiger partial charge < -0.3 is 20.2 Å². The number of rotatable bonds is 7. The summed E-state index contributed by atoms with van der Waals surface area (Å²) >= 11 is 0. The molecule has 0 aromatic heterocycles. The van der Waals surface area contributed by atoms with E-state index in [1.165, 1.54) is 7.11 Å². The molecule has 1 amide bonds. The Morgan fingerprint density at radius 2 is 2.00 bits per heavy atom. The second-order valence-corrected chi connectivity index (χ2v) is 7.94. The first-order valence-corrected chi connectivity index (χ1v) is 8.57. The van der Waals surface area contributed by atoms with Crippen LogP contribution < -0.4 is 10.6 Å². The van der Waals surface area contributed by atoms with Gasteiger partial charge in [-0.25, -0.2) is 4.79 Å². The summed E-state index contributed by atoms with van der Waals surface area (Å²) in [6.45, 7) is 15.1. The summed E-state index contributed by atoms with van der Waals surface area (Å²) in [7, 11) is 1.38. The maximum absolute atomic E-state index is 11.4. The number of ether oxygens (including phenoxy) is 1. The van der Waals surface area contributed by atoms with Gasteiger partial charge in [0.1, 0.15) is 0 Å². The van der Waals surface area contributed by atoms with Crippen LogP contribution >= 0.6 is 0 Å². The molecule has 0 spiro atoms. The van der Waals surface area contributed by atoms with Gasteiger partial charge in [-0.05, 0) is 50.0 Å². The smallest absolute Gasteiger partial charge is 0.406 e. The molecule has 24 heavy (non-hydrogen) atoms. The van der Waals surface area contributed by atoms with E-state index < -0.39 is 0 Å². The van der Waals surface area contributed by atoms with Crippen LogP contribution in [0.25, 0.3) is 0 Å². The van der Waals surface area contributed by atoms with Crippen molar-refractivity contribution in [1.29, 1.82) is 0 Å².